The minimum atomic E-state index is 0.145. The summed E-state index contributed by atoms with van der Waals surface area (Å²) in [5, 5.41) is 3.05. The highest BCUT2D eigenvalue weighted by molar-refractivity contribution is 5.75. The number of carbonyl (C=O) groups is 1. The molecule has 92 valence electrons. The maximum atomic E-state index is 11.8. The van der Waals surface area contributed by atoms with E-state index in [0.717, 1.165) is 32.7 Å². The number of carbonyl (C=O) groups excluding carboxylic acids is 1. The maximum absolute atomic E-state index is 11.8. The highest BCUT2D eigenvalue weighted by atomic mass is 16.2. The molecular weight excluding hydrogens is 202 g/mol. The summed E-state index contributed by atoms with van der Waals surface area (Å²) < 4.78 is 0. The number of rotatable bonds is 3. The molecule has 16 heavy (non-hydrogen) atoms. The lowest BCUT2D eigenvalue weighted by molar-refractivity contribution is 0.131. The second kappa shape index (κ2) is 5.04. The molecule has 2 fully saturated rings. The number of nitrogens with zero attached hydrogens (tertiary/aromatic N) is 2. The van der Waals surface area contributed by atoms with E-state index in [4.69, 9.17) is 0 Å². The Morgan fingerprint density at radius 3 is 2.38 bits per heavy atom. The van der Waals surface area contributed by atoms with Crippen molar-refractivity contribution in [1.29, 1.82) is 0 Å². The molecule has 0 aromatic rings. The van der Waals surface area contributed by atoms with Gasteiger partial charge in [-0.1, -0.05) is 13.8 Å². The first kappa shape index (κ1) is 11.7. The van der Waals surface area contributed by atoms with Crippen LogP contribution in [0.5, 0.6) is 0 Å². The molecule has 1 saturated heterocycles. The second-order valence-corrected chi connectivity index (χ2v) is 5.41. The molecule has 0 atom stereocenters. The Morgan fingerprint density at radius 1 is 1.25 bits per heavy atom. The van der Waals surface area contributed by atoms with E-state index in [1.165, 1.54) is 12.8 Å². The van der Waals surface area contributed by atoms with Gasteiger partial charge in [0.15, 0.2) is 0 Å². The molecule has 1 aliphatic carbocycles. The zero-order chi connectivity index (χ0) is 11.5. The summed E-state index contributed by atoms with van der Waals surface area (Å²) in [6.07, 6.45) is 2.33. The van der Waals surface area contributed by atoms with Gasteiger partial charge in [-0.05, 0) is 18.8 Å². The highest BCUT2D eigenvalue weighted by Crippen LogP contribution is 2.19. The van der Waals surface area contributed by atoms with Crippen LogP contribution < -0.4 is 5.32 Å². The van der Waals surface area contributed by atoms with E-state index in [0.29, 0.717) is 12.0 Å². The number of nitrogens with one attached hydrogen (secondary N) is 1. The van der Waals surface area contributed by atoms with Gasteiger partial charge in [0.1, 0.15) is 0 Å². The molecule has 2 amide bonds. The van der Waals surface area contributed by atoms with E-state index >= 15 is 0 Å². The van der Waals surface area contributed by atoms with Crippen LogP contribution >= 0.6 is 0 Å². The predicted molar refractivity (Wildman–Crippen MR) is 64.4 cm³/mol. The van der Waals surface area contributed by atoms with Crippen LogP contribution in [0, 0.1) is 5.92 Å². The fraction of sp³-hybridized carbons (Fsp3) is 0.917. The normalized spacial score (nSPS) is 22.6. The lowest BCUT2D eigenvalue weighted by Crippen LogP contribution is -2.52. The molecule has 1 N–H and O–H groups in total. The second-order valence-electron chi connectivity index (χ2n) is 5.41. The number of piperazine rings is 1. The predicted octanol–water partition coefficient (Wildman–Crippen LogP) is 1.13. The Balaban J connectivity index is 1.69. The van der Waals surface area contributed by atoms with Crippen molar-refractivity contribution in [3.8, 4) is 0 Å². The van der Waals surface area contributed by atoms with E-state index in [1.54, 1.807) is 0 Å². The molecule has 0 bridgehead atoms. The fourth-order valence-electron chi connectivity index (χ4n) is 2.14. The van der Waals surface area contributed by atoms with Crippen molar-refractivity contribution in [2.45, 2.75) is 32.7 Å². The minimum absolute atomic E-state index is 0.145. The third-order valence-corrected chi connectivity index (χ3v) is 3.19. The van der Waals surface area contributed by atoms with E-state index < -0.39 is 0 Å². The smallest absolute Gasteiger partial charge is 0.317 e. The van der Waals surface area contributed by atoms with Gasteiger partial charge in [0.2, 0.25) is 0 Å². The molecule has 0 spiro atoms. The van der Waals surface area contributed by atoms with Crippen molar-refractivity contribution in [2.24, 2.45) is 5.92 Å². The number of amides is 2. The average Bonchev–Trinajstić information content (AvgIpc) is 3.01. The maximum Gasteiger partial charge on any atom is 0.317 e. The topological polar surface area (TPSA) is 35.6 Å². The van der Waals surface area contributed by atoms with Crippen molar-refractivity contribution >= 4 is 6.03 Å². The van der Waals surface area contributed by atoms with Gasteiger partial charge in [0.05, 0.1) is 0 Å². The molecule has 0 aromatic carbocycles. The third kappa shape index (κ3) is 3.37. The summed E-state index contributed by atoms with van der Waals surface area (Å²) in [6, 6.07) is 0.618. The van der Waals surface area contributed by atoms with Crippen LogP contribution in [-0.2, 0) is 0 Å². The summed E-state index contributed by atoms with van der Waals surface area (Å²) in [7, 11) is 0. The number of hydrogen-bond donors (Lipinski definition) is 1. The summed E-state index contributed by atoms with van der Waals surface area (Å²) in [5.74, 6) is 0.715. The number of urea groups is 1. The zero-order valence-corrected chi connectivity index (χ0v) is 10.4. The van der Waals surface area contributed by atoms with Crippen molar-refractivity contribution in [3.05, 3.63) is 0 Å². The minimum Gasteiger partial charge on any atom is -0.335 e. The monoisotopic (exact) mass is 225 g/mol. The largest absolute Gasteiger partial charge is 0.335 e. The SMILES string of the molecule is CC(C)CN1CCN(C(=O)NC2CC2)CC1. The Labute approximate surface area is 98.0 Å². The average molecular weight is 225 g/mol. The lowest BCUT2D eigenvalue weighted by atomic mass is 10.2. The summed E-state index contributed by atoms with van der Waals surface area (Å²) in [6.45, 7) is 9.44. The highest BCUT2D eigenvalue weighted by Gasteiger charge is 2.27. The molecule has 0 unspecified atom stereocenters. The first-order valence-corrected chi connectivity index (χ1v) is 6.43. The van der Waals surface area contributed by atoms with Crippen LogP contribution in [-0.4, -0.2) is 54.6 Å². The van der Waals surface area contributed by atoms with Crippen LogP contribution in [0.1, 0.15) is 26.7 Å². The number of hydrogen-bond acceptors (Lipinski definition) is 2. The molecule has 0 radical (unpaired) electrons. The van der Waals surface area contributed by atoms with Crippen molar-refractivity contribution in [3.63, 3.8) is 0 Å². The summed E-state index contributed by atoms with van der Waals surface area (Å²) in [5.41, 5.74) is 0. The van der Waals surface area contributed by atoms with Crippen LogP contribution in [0.2, 0.25) is 0 Å². The van der Waals surface area contributed by atoms with Gasteiger partial charge in [-0.2, -0.15) is 0 Å². The molecule has 2 rings (SSSR count). The molecule has 1 saturated carbocycles. The lowest BCUT2D eigenvalue weighted by Gasteiger charge is -2.35. The van der Waals surface area contributed by atoms with Gasteiger partial charge in [-0.25, -0.2) is 4.79 Å². The van der Waals surface area contributed by atoms with Gasteiger partial charge in [-0.3, -0.25) is 4.90 Å². The standard InChI is InChI=1S/C12H23N3O/c1-10(2)9-14-5-7-15(8-6-14)12(16)13-11-3-4-11/h10-11H,3-9H2,1-2H3,(H,13,16). The first-order chi connectivity index (χ1) is 7.65. The Bertz CT molecular complexity index is 243. The molecule has 1 heterocycles. The molecule has 1 aliphatic heterocycles. The van der Waals surface area contributed by atoms with E-state index in [1.807, 2.05) is 4.90 Å². The quantitative estimate of drug-likeness (QED) is 0.781. The van der Waals surface area contributed by atoms with Crippen LogP contribution in [0.25, 0.3) is 0 Å². The van der Waals surface area contributed by atoms with Crippen LogP contribution in [0.4, 0.5) is 4.79 Å². The zero-order valence-electron chi connectivity index (χ0n) is 10.4. The van der Waals surface area contributed by atoms with E-state index in [2.05, 4.69) is 24.1 Å². The Morgan fingerprint density at radius 2 is 1.88 bits per heavy atom. The van der Waals surface area contributed by atoms with E-state index in [-0.39, 0.29) is 6.03 Å². The van der Waals surface area contributed by atoms with Crippen LogP contribution in [0.3, 0.4) is 0 Å². The van der Waals surface area contributed by atoms with Gasteiger partial charge in [0, 0.05) is 38.8 Å². The summed E-state index contributed by atoms with van der Waals surface area (Å²) in [4.78, 5) is 16.2. The van der Waals surface area contributed by atoms with Crippen molar-refractivity contribution < 1.29 is 4.79 Å². The molecular formula is C12H23N3O. The van der Waals surface area contributed by atoms with Crippen molar-refractivity contribution in [1.82, 2.24) is 15.1 Å². The Kier molecular flexibility index (Phi) is 3.69. The van der Waals surface area contributed by atoms with Gasteiger partial charge in [-0.15, -0.1) is 0 Å². The summed E-state index contributed by atoms with van der Waals surface area (Å²) >= 11 is 0. The van der Waals surface area contributed by atoms with Gasteiger partial charge < -0.3 is 10.2 Å². The molecule has 0 aromatic heterocycles. The first-order valence-electron chi connectivity index (χ1n) is 6.43. The molecule has 4 heteroatoms. The fourth-order valence-corrected chi connectivity index (χ4v) is 2.14. The third-order valence-electron chi connectivity index (χ3n) is 3.19. The van der Waals surface area contributed by atoms with Gasteiger partial charge >= 0.3 is 6.03 Å². The van der Waals surface area contributed by atoms with Crippen LogP contribution in [0.15, 0.2) is 0 Å². The van der Waals surface area contributed by atoms with E-state index in [9.17, 15) is 4.79 Å². The molecule has 2 aliphatic rings. The Hall–Kier alpha value is -0.770. The van der Waals surface area contributed by atoms with Crippen molar-refractivity contribution in [2.75, 3.05) is 32.7 Å². The molecule has 4 nitrogen and oxygen atoms in total. The van der Waals surface area contributed by atoms with Gasteiger partial charge in [0.25, 0.3) is 0 Å².